The molecule has 0 spiro atoms. The number of carbonyl (C=O) groups is 2. The summed E-state index contributed by atoms with van der Waals surface area (Å²) < 4.78 is 1.71. The maximum absolute atomic E-state index is 11.7. The molecular formula is C14H15N5O2. The highest BCUT2D eigenvalue weighted by atomic mass is 16.2. The van der Waals surface area contributed by atoms with Crippen molar-refractivity contribution < 1.29 is 9.59 Å². The van der Waals surface area contributed by atoms with E-state index in [2.05, 4.69) is 20.7 Å². The Morgan fingerprint density at radius 1 is 1.19 bits per heavy atom. The number of nitrogens with zero attached hydrogens (tertiary/aromatic N) is 3. The molecule has 7 nitrogen and oxygen atoms in total. The molecule has 3 rings (SSSR count). The van der Waals surface area contributed by atoms with E-state index in [9.17, 15) is 9.59 Å². The van der Waals surface area contributed by atoms with Crippen molar-refractivity contribution in [2.75, 3.05) is 5.32 Å². The molecule has 2 amide bonds. The van der Waals surface area contributed by atoms with Crippen LogP contribution in [-0.4, -0.2) is 32.6 Å². The van der Waals surface area contributed by atoms with Crippen molar-refractivity contribution in [2.45, 2.75) is 25.4 Å². The fraction of sp³-hybridized carbons (Fsp3) is 0.286. The minimum Gasteiger partial charge on any atom is -0.345 e. The lowest BCUT2D eigenvalue weighted by molar-refractivity contribution is -0.136. The Labute approximate surface area is 121 Å². The van der Waals surface area contributed by atoms with Crippen molar-refractivity contribution in [2.24, 2.45) is 0 Å². The zero-order valence-corrected chi connectivity index (χ0v) is 11.3. The number of nitrogens with one attached hydrogen (secondary N) is 2. The molecular weight excluding hydrogens is 270 g/mol. The van der Waals surface area contributed by atoms with E-state index in [1.165, 1.54) is 6.33 Å². The largest absolute Gasteiger partial charge is 0.345 e. The van der Waals surface area contributed by atoms with Crippen molar-refractivity contribution in [3.8, 4) is 0 Å². The molecule has 2 N–H and O–H groups in total. The predicted octanol–water partition coefficient (Wildman–Crippen LogP) is 0.543. The molecule has 0 saturated heterocycles. The second-order valence-corrected chi connectivity index (χ2v) is 4.99. The van der Waals surface area contributed by atoms with Crippen molar-refractivity contribution in [1.82, 2.24) is 20.1 Å². The molecule has 0 bridgehead atoms. The lowest BCUT2D eigenvalue weighted by Crippen LogP contribution is -2.36. The van der Waals surface area contributed by atoms with Crippen LogP contribution in [0.25, 0.3) is 0 Å². The highest BCUT2D eigenvalue weighted by Gasteiger charge is 2.26. The van der Waals surface area contributed by atoms with Crippen LogP contribution in [0.15, 0.2) is 36.9 Å². The van der Waals surface area contributed by atoms with Crippen molar-refractivity contribution >= 4 is 17.5 Å². The number of aromatic nitrogens is 3. The van der Waals surface area contributed by atoms with Gasteiger partial charge in [0.1, 0.15) is 12.7 Å². The average molecular weight is 285 g/mol. The van der Waals surface area contributed by atoms with Gasteiger partial charge in [0.25, 0.3) is 0 Å². The van der Waals surface area contributed by atoms with Gasteiger partial charge in [-0.05, 0) is 30.5 Å². The molecule has 2 aromatic rings. The Bertz CT molecular complexity index is 632. The molecule has 0 atom stereocenters. The quantitative estimate of drug-likeness (QED) is 0.803. The summed E-state index contributed by atoms with van der Waals surface area (Å²) >= 11 is 0. The Kier molecular flexibility index (Phi) is 3.63. The van der Waals surface area contributed by atoms with Gasteiger partial charge in [-0.2, -0.15) is 5.10 Å². The summed E-state index contributed by atoms with van der Waals surface area (Å²) in [6.45, 7) is 0.608. The lowest BCUT2D eigenvalue weighted by Gasteiger charge is -2.07. The van der Waals surface area contributed by atoms with Crippen LogP contribution in [0.1, 0.15) is 18.4 Å². The third-order valence-electron chi connectivity index (χ3n) is 3.14. The maximum Gasteiger partial charge on any atom is 0.313 e. The molecule has 7 heteroatoms. The number of hydrogen-bond donors (Lipinski definition) is 2. The molecule has 1 aliphatic rings. The topological polar surface area (TPSA) is 88.9 Å². The van der Waals surface area contributed by atoms with Gasteiger partial charge in [-0.1, -0.05) is 12.1 Å². The Balaban J connectivity index is 1.56. The first kappa shape index (κ1) is 13.3. The van der Waals surface area contributed by atoms with Gasteiger partial charge in [0.05, 0.1) is 6.54 Å². The molecule has 1 fully saturated rings. The molecule has 0 unspecified atom stereocenters. The van der Waals surface area contributed by atoms with Crippen LogP contribution >= 0.6 is 0 Å². The minimum atomic E-state index is -0.633. The van der Waals surface area contributed by atoms with Gasteiger partial charge in [0, 0.05) is 11.7 Å². The van der Waals surface area contributed by atoms with Gasteiger partial charge in [0.15, 0.2) is 0 Å². The molecule has 1 aromatic carbocycles. The van der Waals surface area contributed by atoms with Crippen LogP contribution in [0.5, 0.6) is 0 Å². The van der Waals surface area contributed by atoms with Gasteiger partial charge < -0.3 is 10.6 Å². The second kappa shape index (κ2) is 5.74. The van der Waals surface area contributed by atoms with Gasteiger partial charge in [-0.3, -0.25) is 9.59 Å². The first-order valence-electron chi connectivity index (χ1n) is 6.74. The Hall–Kier alpha value is -2.70. The van der Waals surface area contributed by atoms with Crippen LogP contribution in [-0.2, 0) is 16.1 Å². The third-order valence-corrected chi connectivity index (χ3v) is 3.14. The molecule has 0 aliphatic heterocycles. The van der Waals surface area contributed by atoms with Crippen LogP contribution in [0.3, 0.4) is 0 Å². The zero-order valence-electron chi connectivity index (χ0n) is 11.3. The molecule has 0 radical (unpaired) electrons. The van der Waals surface area contributed by atoms with Crippen LogP contribution < -0.4 is 10.6 Å². The Morgan fingerprint density at radius 2 is 1.95 bits per heavy atom. The van der Waals surface area contributed by atoms with Crippen LogP contribution in [0, 0.1) is 0 Å². The fourth-order valence-corrected chi connectivity index (χ4v) is 1.86. The van der Waals surface area contributed by atoms with Crippen LogP contribution in [0.2, 0.25) is 0 Å². The molecule has 108 valence electrons. The van der Waals surface area contributed by atoms with Crippen molar-refractivity contribution in [3.63, 3.8) is 0 Å². The highest BCUT2D eigenvalue weighted by molar-refractivity contribution is 6.39. The highest BCUT2D eigenvalue weighted by Crippen LogP contribution is 2.18. The molecule has 1 saturated carbocycles. The number of hydrogen-bond acceptors (Lipinski definition) is 4. The lowest BCUT2D eigenvalue weighted by atomic mass is 10.2. The maximum atomic E-state index is 11.7. The van der Waals surface area contributed by atoms with E-state index in [-0.39, 0.29) is 6.04 Å². The van der Waals surface area contributed by atoms with E-state index < -0.39 is 11.8 Å². The summed E-state index contributed by atoms with van der Waals surface area (Å²) in [6.07, 6.45) is 5.02. The van der Waals surface area contributed by atoms with Crippen molar-refractivity contribution in [1.29, 1.82) is 0 Å². The number of rotatable bonds is 4. The van der Waals surface area contributed by atoms with Gasteiger partial charge in [-0.15, -0.1) is 0 Å². The normalized spacial score (nSPS) is 13.7. The van der Waals surface area contributed by atoms with E-state index >= 15 is 0 Å². The molecule has 1 aromatic heterocycles. The number of anilines is 1. The molecule has 1 heterocycles. The number of carbonyl (C=O) groups excluding carboxylic acids is 2. The van der Waals surface area contributed by atoms with Gasteiger partial charge >= 0.3 is 11.8 Å². The number of benzene rings is 1. The zero-order chi connectivity index (χ0) is 14.7. The number of amides is 2. The second-order valence-electron chi connectivity index (χ2n) is 4.99. The fourth-order valence-electron chi connectivity index (χ4n) is 1.86. The van der Waals surface area contributed by atoms with Crippen molar-refractivity contribution in [3.05, 3.63) is 42.5 Å². The summed E-state index contributed by atoms with van der Waals surface area (Å²) in [7, 11) is 0. The van der Waals surface area contributed by atoms with E-state index in [1.54, 1.807) is 23.1 Å². The van der Waals surface area contributed by atoms with E-state index in [1.807, 2.05) is 12.1 Å². The third kappa shape index (κ3) is 3.65. The van der Waals surface area contributed by atoms with Crippen LogP contribution in [0.4, 0.5) is 5.69 Å². The smallest absolute Gasteiger partial charge is 0.313 e. The SMILES string of the molecule is O=C(Nc1ccc(Cn2cncn2)cc1)C(=O)NC1CC1. The first-order valence-corrected chi connectivity index (χ1v) is 6.74. The Morgan fingerprint density at radius 3 is 2.57 bits per heavy atom. The van der Waals surface area contributed by atoms with E-state index in [4.69, 9.17) is 0 Å². The first-order chi connectivity index (χ1) is 10.2. The predicted molar refractivity (Wildman–Crippen MR) is 75.4 cm³/mol. The van der Waals surface area contributed by atoms with E-state index in [0.717, 1.165) is 18.4 Å². The summed E-state index contributed by atoms with van der Waals surface area (Å²) in [5, 5.41) is 9.24. The van der Waals surface area contributed by atoms with Gasteiger partial charge in [0.2, 0.25) is 0 Å². The summed E-state index contributed by atoms with van der Waals surface area (Å²) in [4.78, 5) is 27.1. The summed E-state index contributed by atoms with van der Waals surface area (Å²) in [5.41, 5.74) is 1.62. The molecule has 1 aliphatic carbocycles. The van der Waals surface area contributed by atoms with Gasteiger partial charge in [-0.25, -0.2) is 9.67 Å². The minimum absolute atomic E-state index is 0.174. The molecule has 21 heavy (non-hydrogen) atoms. The average Bonchev–Trinajstić information content (AvgIpc) is 3.14. The van der Waals surface area contributed by atoms with E-state index in [0.29, 0.717) is 12.2 Å². The monoisotopic (exact) mass is 285 g/mol. The summed E-state index contributed by atoms with van der Waals surface area (Å²) in [5.74, 6) is -1.21. The standard InChI is InChI=1S/C14H15N5O2/c20-13(14(21)18-12-5-6-12)17-11-3-1-10(2-4-11)7-19-9-15-8-16-19/h1-4,8-9,12H,5-7H2,(H,17,20)(H,18,21). The summed E-state index contributed by atoms with van der Waals surface area (Å²) in [6, 6.07) is 7.43.